The van der Waals surface area contributed by atoms with Crippen LogP contribution in [0.25, 0.3) is 11.8 Å². The average Bonchev–Trinajstić information content (AvgIpc) is 3.20. The lowest BCUT2D eigenvalue weighted by molar-refractivity contribution is 0.0474. The third-order valence-corrected chi connectivity index (χ3v) is 6.76. The van der Waals surface area contributed by atoms with Crippen LogP contribution in [0.2, 0.25) is 0 Å². The number of hydrogen-bond donors (Lipinski definition) is 1. The van der Waals surface area contributed by atoms with Gasteiger partial charge in [0.1, 0.15) is 5.82 Å². The molecule has 0 spiro atoms. The number of nitrogens with one attached hydrogen (secondary N) is 1. The van der Waals surface area contributed by atoms with Crippen molar-refractivity contribution in [2.45, 2.75) is 13.8 Å². The van der Waals surface area contributed by atoms with Crippen LogP contribution in [0.5, 0.6) is 0 Å². The van der Waals surface area contributed by atoms with Gasteiger partial charge in [-0.05, 0) is 74.0 Å². The van der Waals surface area contributed by atoms with Gasteiger partial charge in [0.2, 0.25) is 5.78 Å². The molecule has 0 fully saturated rings. The summed E-state index contributed by atoms with van der Waals surface area (Å²) in [5, 5.41) is 1.04. The van der Waals surface area contributed by atoms with E-state index in [0.717, 1.165) is 16.7 Å². The molecule has 0 amide bonds. The topological polar surface area (TPSA) is 94.5 Å². The minimum Gasteiger partial charge on any atom is -0.454 e. The van der Waals surface area contributed by atoms with Gasteiger partial charge in [-0.3, -0.25) is 9.52 Å². The first-order chi connectivity index (χ1) is 18.1. The molecule has 1 aromatic heterocycles. The van der Waals surface area contributed by atoms with E-state index in [9.17, 15) is 22.4 Å². The maximum absolute atomic E-state index is 13.3. The van der Waals surface area contributed by atoms with Crippen molar-refractivity contribution in [1.82, 2.24) is 4.57 Å². The SMILES string of the molecule is Cc1cc(C(=O)COC(=O)c2cccc(NS(=O)(=O)C=Cc3ccccc3)c2)c(C)n1-c1ccc(F)cc1. The fourth-order valence-corrected chi connectivity index (χ4v) is 4.82. The number of carbonyl (C=O) groups excluding carboxylic acids is 2. The summed E-state index contributed by atoms with van der Waals surface area (Å²) in [6, 6.07) is 22.4. The van der Waals surface area contributed by atoms with E-state index < -0.39 is 28.4 Å². The number of Topliss-reactive ketones (excluding diaryl/α,β-unsaturated/α-hetero) is 1. The van der Waals surface area contributed by atoms with Crippen LogP contribution in [0.15, 0.2) is 90.3 Å². The highest BCUT2D eigenvalue weighted by molar-refractivity contribution is 7.95. The second kappa shape index (κ2) is 11.3. The average molecular weight is 533 g/mol. The van der Waals surface area contributed by atoms with Crippen molar-refractivity contribution >= 4 is 33.5 Å². The Morgan fingerprint density at radius 2 is 1.66 bits per heavy atom. The lowest BCUT2D eigenvalue weighted by atomic mass is 10.1. The van der Waals surface area contributed by atoms with E-state index in [2.05, 4.69) is 4.72 Å². The highest BCUT2D eigenvalue weighted by Gasteiger charge is 2.19. The van der Waals surface area contributed by atoms with Crippen LogP contribution in [-0.2, 0) is 14.8 Å². The lowest BCUT2D eigenvalue weighted by Crippen LogP contribution is -2.15. The van der Waals surface area contributed by atoms with Gasteiger partial charge in [-0.1, -0.05) is 36.4 Å². The molecule has 4 aromatic rings. The van der Waals surface area contributed by atoms with Crippen LogP contribution in [0, 0.1) is 19.7 Å². The molecule has 0 radical (unpaired) electrons. The minimum atomic E-state index is -3.83. The number of rotatable bonds is 9. The summed E-state index contributed by atoms with van der Waals surface area (Å²) < 4.78 is 47.6. The first-order valence-electron chi connectivity index (χ1n) is 11.6. The van der Waals surface area contributed by atoms with Crippen LogP contribution in [0.1, 0.15) is 37.7 Å². The molecule has 7 nitrogen and oxygen atoms in total. The Hall–Kier alpha value is -4.50. The van der Waals surface area contributed by atoms with Crippen LogP contribution in [-0.4, -0.2) is 31.3 Å². The van der Waals surface area contributed by atoms with E-state index in [-0.39, 0.29) is 17.1 Å². The molecule has 3 aromatic carbocycles. The Balaban J connectivity index is 1.41. The molecule has 0 unspecified atom stereocenters. The monoisotopic (exact) mass is 532 g/mol. The Bertz CT molecular complexity index is 1610. The number of hydrogen-bond acceptors (Lipinski definition) is 5. The lowest BCUT2D eigenvalue weighted by Gasteiger charge is -2.10. The van der Waals surface area contributed by atoms with E-state index in [1.807, 2.05) is 17.6 Å². The molecule has 4 rings (SSSR count). The number of halogens is 1. The molecule has 9 heteroatoms. The summed E-state index contributed by atoms with van der Waals surface area (Å²) in [6.07, 6.45) is 1.46. The van der Waals surface area contributed by atoms with E-state index >= 15 is 0 Å². The van der Waals surface area contributed by atoms with Crippen molar-refractivity contribution < 1.29 is 27.1 Å². The van der Waals surface area contributed by atoms with E-state index in [1.165, 1.54) is 42.5 Å². The molecule has 0 saturated carbocycles. The maximum atomic E-state index is 13.3. The van der Waals surface area contributed by atoms with Gasteiger partial charge in [-0.2, -0.15) is 0 Å². The standard InChI is InChI=1S/C29H25FN2O5S/c1-20-17-27(21(2)32(20)26-13-11-24(30)12-14-26)28(33)19-37-29(34)23-9-6-10-25(18-23)31-38(35,36)16-15-22-7-4-3-5-8-22/h3-18,31H,19H2,1-2H3. The summed E-state index contributed by atoms with van der Waals surface area (Å²) in [7, 11) is -3.83. The second-order valence-electron chi connectivity index (χ2n) is 8.54. The molecular weight excluding hydrogens is 507 g/mol. The summed E-state index contributed by atoms with van der Waals surface area (Å²) in [4.78, 5) is 25.5. The van der Waals surface area contributed by atoms with Crippen molar-refractivity contribution in [3.8, 4) is 5.69 Å². The molecule has 194 valence electrons. The van der Waals surface area contributed by atoms with Gasteiger partial charge in [0, 0.05) is 28.3 Å². The first kappa shape index (κ1) is 26.6. The number of aromatic nitrogens is 1. The molecular formula is C29H25FN2O5S. The predicted molar refractivity (Wildman–Crippen MR) is 144 cm³/mol. The number of esters is 1. The Labute approximate surface area is 220 Å². The Kier molecular flexibility index (Phi) is 7.87. The zero-order valence-corrected chi connectivity index (χ0v) is 21.5. The number of aryl methyl sites for hydroxylation is 1. The molecule has 0 aliphatic rings. The number of sulfonamides is 1. The third-order valence-electron chi connectivity index (χ3n) is 5.75. The number of carbonyl (C=O) groups is 2. The summed E-state index contributed by atoms with van der Waals surface area (Å²) in [5.41, 5.74) is 3.47. The number of ketones is 1. The van der Waals surface area contributed by atoms with Gasteiger partial charge in [0.05, 0.1) is 11.0 Å². The Morgan fingerprint density at radius 3 is 2.37 bits per heavy atom. The van der Waals surface area contributed by atoms with Gasteiger partial charge in [-0.25, -0.2) is 17.6 Å². The molecule has 0 saturated heterocycles. The van der Waals surface area contributed by atoms with E-state index in [4.69, 9.17) is 4.74 Å². The van der Waals surface area contributed by atoms with Gasteiger partial charge in [0.25, 0.3) is 10.0 Å². The summed E-state index contributed by atoms with van der Waals surface area (Å²) >= 11 is 0. The minimum absolute atomic E-state index is 0.0850. The predicted octanol–water partition coefficient (Wildman–Crippen LogP) is 5.69. The van der Waals surface area contributed by atoms with Gasteiger partial charge in [0.15, 0.2) is 6.61 Å². The van der Waals surface area contributed by atoms with Gasteiger partial charge in [-0.15, -0.1) is 0 Å². The molecule has 0 atom stereocenters. The fraction of sp³-hybridized carbons (Fsp3) is 0.103. The molecule has 38 heavy (non-hydrogen) atoms. The molecule has 0 aliphatic heterocycles. The number of ether oxygens (including phenoxy) is 1. The normalized spacial score (nSPS) is 11.4. The second-order valence-corrected chi connectivity index (χ2v) is 10.1. The third kappa shape index (κ3) is 6.43. The van der Waals surface area contributed by atoms with E-state index in [0.29, 0.717) is 16.9 Å². The number of anilines is 1. The number of benzene rings is 3. The van der Waals surface area contributed by atoms with E-state index in [1.54, 1.807) is 49.4 Å². The number of nitrogens with zero attached hydrogens (tertiary/aromatic N) is 1. The van der Waals surface area contributed by atoms with Gasteiger partial charge >= 0.3 is 5.97 Å². The van der Waals surface area contributed by atoms with Crippen molar-refractivity contribution in [3.05, 3.63) is 124 Å². The molecule has 1 N–H and O–H groups in total. The zero-order valence-electron chi connectivity index (χ0n) is 20.7. The molecule has 1 heterocycles. The quantitative estimate of drug-likeness (QED) is 0.221. The van der Waals surface area contributed by atoms with Crippen LogP contribution in [0.4, 0.5) is 10.1 Å². The van der Waals surface area contributed by atoms with Crippen LogP contribution in [0.3, 0.4) is 0 Å². The fourth-order valence-electron chi connectivity index (χ4n) is 3.96. The van der Waals surface area contributed by atoms with Crippen molar-refractivity contribution in [2.75, 3.05) is 11.3 Å². The zero-order chi connectivity index (χ0) is 27.3. The van der Waals surface area contributed by atoms with Crippen molar-refractivity contribution in [2.24, 2.45) is 0 Å². The van der Waals surface area contributed by atoms with Crippen LogP contribution < -0.4 is 4.72 Å². The Morgan fingerprint density at radius 1 is 0.947 bits per heavy atom. The maximum Gasteiger partial charge on any atom is 0.338 e. The molecule has 0 bridgehead atoms. The van der Waals surface area contributed by atoms with Gasteiger partial charge < -0.3 is 9.30 Å². The molecule has 0 aliphatic carbocycles. The van der Waals surface area contributed by atoms with Crippen molar-refractivity contribution in [1.29, 1.82) is 0 Å². The summed E-state index contributed by atoms with van der Waals surface area (Å²) in [6.45, 7) is 3.08. The first-order valence-corrected chi connectivity index (χ1v) is 13.2. The highest BCUT2D eigenvalue weighted by Crippen LogP contribution is 2.22. The summed E-state index contributed by atoms with van der Waals surface area (Å²) in [5.74, 6) is -1.53. The largest absolute Gasteiger partial charge is 0.454 e. The smallest absolute Gasteiger partial charge is 0.338 e. The van der Waals surface area contributed by atoms with Crippen LogP contribution >= 0.6 is 0 Å². The van der Waals surface area contributed by atoms with Crippen molar-refractivity contribution in [3.63, 3.8) is 0 Å². The highest BCUT2D eigenvalue weighted by atomic mass is 32.2.